The van der Waals surface area contributed by atoms with Gasteiger partial charge < -0.3 is 0 Å². The van der Waals surface area contributed by atoms with Crippen molar-refractivity contribution in [1.82, 2.24) is 14.2 Å². The Morgan fingerprint density at radius 1 is 1.24 bits per heavy atom. The molecule has 1 aromatic carbocycles. The van der Waals surface area contributed by atoms with Crippen LogP contribution in [0.5, 0.6) is 0 Å². The highest BCUT2D eigenvalue weighted by Crippen LogP contribution is 2.27. The van der Waals surface area contributed by atoms with Crippen molar-refractivity contribution in [1.29, 1.82) is 0 Å². The van der Waals surface area contributed by atoms with Crippen LogP contribution in [0.15, 0.2) is 24.3 Å². The fourth-order valence-electron chi connectivity index (χ4n) is 1.53. The van der Waals surface area contributed by atoms with Crippen molar-refractivity contribution >= 4 is 26.0 Å². The molecule has 5 nitrogen and oxygen atoms in total. The van der Waals surface area contributed by atoms with Crippen molar-refractivity contribution in [2.75, 3.05) is 0 Å². The van der Waals surface area contributed by atoms with Crippen LogP contribution < -0.4 is 0 Å². The van der Waals surface area contributed by atoms with E-state index < -0.39 is 15.5 Å². The average molecular weight is 384 g/mol. The van der Waals surface area contributed by atoms with Crippen LogP contribution in [0.4, 0.5) is 13.2 Å². The highest BCUT2D eigenvalue weighted by Gasteiger charge is 2.49. The summed E-state index contributed by atoms with van der Waals surface area (Å²) in [4.78, 5) is 3.83. The highest BCUT2D eigenvalue weighted by atomic mass is 79.9. The molecule has 0 fully saturated rings. The monoisotopic (exact) mass is 383 g/mol. The van der Waals surface area contributed by atoms with Crippen LogP contribution in [0.2, 0.25) is 0 Å². The van der Waals surface area contributed by atoms with E-state index >= 15 is 0 Å². The van der Waals surface area contributed by atoms with Gasteiger partial charge in [-0.3, -0.25) is 0 Å². The van der Waals surface area contributed by atoms with E-state index in [0.717, 1.165) is 5.56 Å². The third-order valence-electron chi connectivity index (χ3n) is 2.59. The standard InChI is InChI=1S/C11H9BrF3N3O2S/c1-7-2-4-8(5-3-7)10-16-9(6-12)18(17-10)21(19,20)11(13,14)15/h2-5H,6H2,1H3. The zero-order valence-corrected chi connectivity index (χ0v) is 13.0. The number of aromatic nitrogens is 3. The van der Waals surface area contributed by atoms with E-state index in [-0.39, 0.29) is 21.1 Å². The minimum atomic E-state index is -5.60. The largest absolute Gasteiger partial charge is 0.518 e. The molecule has 0 aliphatic heterocycles. The molecule has 0 bridgehead atoms. The molecule has 21 heavy (non-hydrogen) atoms. The first-order valence-corrected chi connectivity index (χ1v) is 8.14. The molecular weight excluding hydrogens is 375 g/mol. The molecule has 114 valence electrons. The Labute approximate surface area is 127 Å². The van der Waals surface area contributed by atoms with Gasteiger partial charge in [0.25, 0.3) is 0 Å². The molecule has 0 amide bonds. The van der Waals surface area contributed by atoms with Gasteiger partial charge in [-0.15, -0.1) is 9.19 Å². The number of halogens is 4. The Morgan fingerprint density at radius 2 is 1.81 bits per heavy atom. The first-order valence-electron chi connectivity index (χ1n) is 5.57. The maximum Gasteiger partial charge on any atom is 0.518 e. The second-order valence-corrected chi connectivity index (χ2v) is 6.46. The van der Waals surface area contributed by atoms with E-state index in [0.29, 0.717) is 5.56 Å². The maximum absolute atomic E-state index is 12.6. The smallest absolute Gasteiger partial charge is 0.210 e. The summed E-state index contributed by atoms with van der Waals surface area (Å²) in [7, 11) is -5.60. The van der Waals surface area contributed by atoms with Gasteiger partial charge in [0.05, 0.1) is 5.33 Å². The Balaban J connectivity index is 2.58. The van der Waals surface area contributed by atoms with Gasteiger partial charge in [-0.2, -0.15) is 21.6 Å². The van der Waals surface area contributed by atoms with Crippen molar-refractivity contribution in [3.05, 3.63) is 35.7 Å². The molecule has 1 heterocycles. The van der Waals surface area contributed by atoms with Gasteiger partial charge in [-0.05, 0) is 6.92 Å². The van der Waals surface area contributed by atoms with Crippen molar-refractivity contribution in [3.8, 4) is 11.4 Å². The van der Waals surface area contributed by atoms with Crippen LogP contribution in [0.3, 0.4) is 0 Å². The number of hydrogen-bond donors (Lipinski definition) is 0. The molecule has 0 aliphatic rings. The molecule has 0 saturated heterocycles. The quantitative estimate of drug-likeness (QED) is 0.764. The first-order chi connectivity index (χ1) is 9.66. The van der Waals surface area contributed by atoms with Gasteiger partial charge >= 0.3 is 15.5 Å². The van der Waals surface area contributed by atoms with Crippen LogP contribution in [0, 0.1) is 6.92 Å². The molecule has 2 aromatic rings. The molecule has 0 unspecified atom stereocenters. The van der Waals surface area contributed by atoms with E-state index in [4.69, 9.17) is 0 Å². The number of nitrogens with zero attached hydrogens (tertiary/aromatic N) is 3. The molecule has 0 radical (unpaired) electrons. The highest BCUT2D eigenvalue weighted by molar-refractivity contribution is 9.08. The number of alkyl halides is 4. The summed E-state index contributed by atoms with van der Waals surface area (Å²) in [5.41, 5.74) is -4.07. The van der Waals surface area contributed by atoms with Crippen LogP contribution in [-0.2, 0) is 15.4 Å². The normalized spacial score (nSPS) is 12.6. The van der Waals surface area contributed by atoms with Crippen LogP contribution >= 0.6 is 15.9 Å². The van der Waals surface area contributed by atoms with Crippen molar-refractivity contribution in [3.63, 3.8) is 0 Å². The summed E-state index contributed by atoms with van der Waals surface area (Å²) in [5, 5.41) is 3.31. The molecule has 0 N–H and O–H groups in total. The molecule has 0 spiro atoms. The fourth-order valence-corrected chi connectivity index (χ4v) is 2.82. The Bertz CT molecular complexity index is 754. The third-order valence-corrected chi connectivity index (χ3v) is 4.43. The van der Waals surface area contributed by atoms with E-state index in [2.05, 4.69) is 26.0 Å². The summed E-state index contributed by atoms with van der Waals surface area (Å²) in [6.07, 6.45) is 0. The lowest BCUT2D eigenvalue weighted by atomic mass is 10.1. The van der Waals surface area contributed by atoms with Crippen LogP contribution in [0.25, 0.3) is 11.4 Å². The minimum absolute atomic E-state index is 0.0859. The van der Waals surface area contributed by atoms with E-state index in [1.807, 2.05) is 6.92 Å². The minimum Gasteiger partial charge on any atom is -0.210 e. The molecule has 0 saturated carbocycles. The maximum atomic E-state index is 12.6. The zero-order valence-electron chi connectivity index (χ0n) is 10.6. The summed E-state index contributed by atoms with van der Waals surface area (Å²) < 4.78 is 60.6. The van der Waals surface area contributed by atoms with Gasteiger partial charge in [0, 0.05) is 5.56 Å². The lowest BCUT2D eigenvalue weighted by Gasteiger charge is -2.08. The van der Waals surface area contributed by atoms with Crippen molar-refractivity contribution < 1.29 is 21.6 Å². The first kappa shape index (κ1) is 16.0. The Morgan fingerprint density at radius 3 is 2.29 bits per heavy atom. The van der Waals surface area contributed by atoms with Crippen LogP contribution in [-0.4, -0.2) is 28.1 Å². The Hall–Kier alpha value is -1.42. The lowest BCUT2D eigenvalue weighted by molar-refractivity contribution is -0.0450. The second kappa shape index (κ2) is 5.41. The fraction of sp³-hybridized carbons (Fsp3) is 0.273. The molecule has 0 atom stereocenters. The number of aryl methyl sites for hydroxylation is 1. The Kier molecular flexibility index (Phi) is 4.11. The molecular formula is C11H9BrF3N3O2S. The van der Waals surface area contributed by atoms with E-state index in [1.165, 1.54) is 0 Å². The van der Waals surface area contributed by atoms with Crippen molar-refractivity contribution in [2.24, 2.45) is 0 Å². The van der Waals surface area contributed by atoms with Crippen LogP contribution in [0.1, 0.15) is 11.4 Å². The molecule has 10 heteroatoms. The number of benzene rings is 1. The predicted molar refractivity (Wildman–Crippen MR) is 73.2 cm³/mol. The lowest BCUT2D eigenvalue weighted by Crippen LogP contribution is -2.31. The third kappa shape index (κ3) is 2.95. The molecule has 1 aromatic heterocycles. The van der Waals surface area contributed by atoms with E-state index in [9.17, 15) is 21.6 Å². The SMILES string of the molecule is Cc1ccc(-c2nc(CBr)n(S(=O)(=O)C(F)(F)F)n2)cc1. The van der Waals surface area contributed by atoms with E-state index in [1.54, 1.807) is 24.3 Å². The summed E-state index contributed by atoms with van der Waals surface area (Å²) in [5.74, 6) is -0.430. The van der Waals surface area contributed by atoms with Crippen molar-refractivity contribution in [2.45, 2.75) is 17.8 Å². The summed E-state index contributed by atoms with van der Waals surface area (Å²) in [6, 6.07) is 6.66. The van der Waals surface area contributed by atoms with Gasteiger partial charge in [0.2, 0.25) is 0 Å². The predicted octanol–water partition coefficient (Wildman–Crippen LogP) is 2.85. The molecule has 0 aliphatic carbocycles. The topological polar surface area (TPSA) is 64.8 Å². The second-order valence-electron chi connectivity index (χ2n) is 4.15. The number of hydrogen-bond acceptors (Lipinski definition) is 4. The van der Waals surface area contributed by atoms with Gasteiger partial charge in [0.15, 0.2) is 11.6 Å². The summed E-state index contributed by atoms with van der Waals surface area (Å²) in [6.45, 7) is 1.84. The molecule has 2 rings (SSSR count). The zero-order chi connectivity index (χ0) is 15.8. The van der Waals surface area contributed by atoms with Gasteiger partial charge in [-0.25, -0.2) is 4.98 Å². The van der Waals surface area contributed by atoms with Gasteiger partial charge in [-0.1, -0.05) is 45.8 Å². The average Bonchev–Trinajstić information content (AvgIpc) is 2.83. The number of rotatable bonds is 3. The summed E-state index contributed by atoms with van der Waals surface area (Å²) >= 11 is 2.91. The van der Waals surface area contributed by atoms with Gasteiger partial charge in [0.1, 0.15) is 0 Å².